The zero-order chi connectivity index (χ0) is 14.8. The normalized spacial score (nSPS) is 11.2. The van der Waals surface area contributed by atoms with Gasteiger partial charge in [-0.15, -0.1) is 0 Å². The number of carbonyl (C=O) groups excluding carboxylic acids is 1. The first-order chi connectivity index (χ1) is 9.37. The SMILES string of the molecule is CC(C)(C)OC(=O)c1cc(-c2ccccc2)ccc1O. The predicted octanol–water partition coefficient (Wildman–Crippen LogP) is 4.01. The zero-order valence-electron chi connectivity index (χ0n) is 11.9. The van der Waals surface area contributed by atoms with Gasteiger partial charge >= 0.3 is 5.97 Å². The summed E-state index contributed by atoms with van der Waals surface area (Å²) in [5.74, 6) is -0.591. The summed E-state index contributed by atoms with van der Waals surface area (Å²) in [6, 6.07) is 14.6. The lowest BCUT2D eigenvalue weighted by Gasteiger charge is -2.20. The van der Waals surface area contributed by atoms with Crippen LogP contribution in [0.1, 0.15) is 31.1 Å². The number of hydrogen-bond donors (Lipinski definition) is 1. The number of rotatable bonds is 2. The largest absolute Gasteiger partial charge is 0.507 e. The van der Waals surface area contributed by atoms with Crippen molar-refractivity contribution in [1.29, 1.82) is 0 Å². The third-order valence-corrected chi connectivity index (χ3v) is 2.72. The van der Waals surface area contributed by atoms with Gasteiger partial charge in [-0.2, -0.15) is 0 Å². The number of aromatic hydroxyl groups is 1. The zero-order valence-corrected chi connectivity index (χ0v) is 11.9. The Kier molecular flexibility index (Phi) is 3.79. The summed E-state index contributed by atoms with van der Waals surface area (Å²) in [5.41, 5.74) is 1.44. The van der Waals surface area contributed by atoms with Gasteiger partial charge in [-0.1, -0.05) is 36.4 Å². The fraction of sp³-hybridized carbons (Fsp3) is 0.235. The number of ether oxygens (including phenoxy) is 1. The van der Waals surface area contributed by atoms with Crippen molar-refractivity contribution in [3.05, 3.63) is 54.1 Å². The molecule has 1 N–H and O–H groups in total. The maximum atomic E-state index is 12.1. The van der Waals surface area contributed by atoms with Crippen LogP contribution in [-0.2, 0) is 4.74 Å². The Hall–Kier alpha value is -2.29. The average molecular weight is 270 g/mol. The van der Waals surface area contributed by atoms with Gasteiger partial charge in [-0.3, -0.25) is 0 Å². The first kappa shape index (κ1) is 14.1. The minimum Gasteiger partial charge on any atom is -0.507 e. The topological polar surface area (TPSA) is 46.5 Å². The molecule has 0 radical (unpaired) electrons. The van der Waals surface area contributed by atoms with Crippen LogP contribution in [-0.4, -0.2) is 16.7 Å². The molecule has 0 aliphatic carbocycles. The molecule has 0 unspecified atom stereocenters. The van der Waals surface area contributed by atoms with E-state index in [2.05, 4.69) is 0 Å². The molecule has 0 heterocycles. The second-order valence-corrected chi connectivity index (χ2v) is 5.60. The van der Waals surface area contributed by atoms with E-state index in [0.717, 1.165) is 11.1 Å². The van der Waals surface area contributed by atoms with Crippen molar-refractivity contribution in [2.24, 2.45) is 0 Å². The summed E-state index contributed by atoms with van der Waals surface area (Å²) in [6.07, 6.45) is 0. The average Bonchev–Trinajstić information content (AvgIpc) is 2.38. The summed E-state index contributed by atoms with van der Waals surface area (Å²) in [4.78, 5) is 12.1. The maximum Gasteiger partial charge on any atom is 0.342 e. The number of benzene rings is 2. The lowest BCUT2D eigenvalue weighted by molar-refractivity contribution is 0.00669. The molecule has 104 valence electrons. The van der Waals surface area contributed by atoms with Crippen LogP contribution in [0.4, 0.5) is 0 Å². The molecule has 0 saturated carbocycles. The van der Waals surface area contributed by atoms with Crippen molar-refractivity contribution >= 4 is 5.97 Å². The van der Waals surface area contributed by atoms with Gasteiger partial charge in [0.2, 0.25) is 0 Å². The molecule has 0 aromatic heterocycles. The highest BCUT2D eigenvalue weighted by Gasteiger charge is 2.20. The van der Waals surface area contributed by atoms with Gasteiger partial charge in [0.05, 0.1) is 0 Å². The maximum absolute atomic E-state index is 12.1. The molecule has 0 bridgehead atoms. The quantitative estimate of drug-likeness (QED) is 0.838. The summed E-state index contributed by atoms with van der Waals surface area (Å²) >= 11 is 0. The van der Waals surface area contributed by atoms with Gasteiger partial charge in [0.25, 0.3) is 0 Å². The highest BCUT2D eigenvalue weighted by Crippen LogP contribution is 2.27. The molecule has 20 heavy (non-hydrogen) atoms. The highest BCUT2D eigenvalue weighted by atomic mass is 16.6. The molecule has 0 atom stereocenters. The predicted molar refractivity (Wildman–Crippen MR) is 78.7 cm³/mol. The minimum absolute atomic E-state index is 0.0704. The van der Waals surface area contributed by atoms with E-state index in [4.69, 9.17) is 4.74 Å². The Bertz CT molecular complexity index is 610. The summed E-state index contributed by atoms with van der Waals surface area (Å²) < 4.78 is 5.30. The van der Waals surface area contributed by atoms with E-state index in [0.29, 0.717) is 0 Å². The van der Waals surface area contributed by atoms with Crippen molar-refractivity contribution in [2.75, 3.05) is 0 Å². The fourth-order valence-electron chi connectivity index (χ4n) is 1.84. The molecule has 2 aromatic carbocycles. The van der Waals surface area contributed by atoms with Crippen molar-refractivity contribution in [1.82, 2.24) is 0 Å². The third-order valence-electron chi connectivity index (χ3n) is 2.72. The van der Waals surface area contributed by atoms with E-state index in [1.54, 1.807) is 32.9 Å². The number of phenolic OH excluding ortho intramolecular Hbond substituents is 1. The van der Waals surface area contributed by atoms with Crippen LogP contribution in [0, 0.1) is 0 Å². The van der Waals surface area contributed by atoms with E-state index in [1.165, 1.54) is 6.07 Å². The van der Waals surface area contributed by atoms with Crippen LogP contribution in [0.5, 0.6) is 5.75 Å². The van der Waals surface area contributed by atoms with Crippen LogP contribution in [0.25, 0.3) is 11.1 Å². The monoisotopic (exact) mass is 270 g/mol. The van der Waals surface area contributed by atoms with Gasteiger partial charge < -0.3 is 9.84 Å². The first-order valence-electron chi connectivity index (χ1n) is 6.48. The van der Waals surface area contributed by atoms with Gasteiger partial charge in [0, 0.05) is 0 Å². The smallest absolute Gasteiger partial charge is 0.342 e. The third kappa shape index (κ3) is 3.38. The molecule has 0 aliphatic rings. The molecule has 0 amide bonds. The number of hydrogen-bond acceptors (Lipinski definition) is 3. The van der Waals surface area contributed by atoms with Gasteiger partial charge in [-0.05, 0) is 44.0 Å². The van der Waals surface area contributed by atoms with Gasteiger partial charge in [0.15, 0.2) is 0 Å². The van der Waals surface area contributed by atoms with Crippen LogP contribution < -0.4 is 0 Å². The van der Waals surface area contributed by atoms with E-state index in [-0.39, 0.29) is 11.3 Å². The number of phenols is 1. The summed E-state index contributed by atoms with van der Waals surface area (Å²) in [7, 11) is 0. The first-order valence-corrected chi connectivity index (χ1v) is 6.48. The molecule has 2 aromatic rings. The Balaban J connectivity index is 2.37. The molecule has 3 nitrogen and oxygen atoms in total. The molecule has 0 saturated heterocycles. The molecule has 0 spiro atoms. The lowest BCUT2D eigenvalue weighted by Crippen LogP contribution is -2.23. The molecule has 0 aliphatic heterocycles. The van der Waals surface area contributed by atoms with E-state index in [9.17, 15) is 9.90 Å². The van der Waals surface area contributed by atoms with E-state index < -0.39 is 11.6 Å². The van der Waals surface area contributed by atoms with Crippen LogP contribution >= 0.6 is 0 Å². The second-order valence-electron chi connectivity index (χ2n) is 5.60. The Labute approximate surface area is 118 Å². The summed E-state index contributed by atoms with van der Waals surface area (Å²) in [6.45, 7) is 5.38. The highest BCUT2D eigenvalue weighted by molar-refractivity contribution is 5.94. The molecule has 2 rings (SSSR count). The van der Waals surface area contributed by atoms with Crippen LogP contribution in [0.15, 0.2) is 48.5 Å². The van der Waals surface area contributed by atoms with Crippen LogP contribution in [0.3, 0.4) is 0 Å². The van der Waals surface area contributed by atoms with E-state index in [1.807, 2.05) is 30.3 Å². The van der Waals surface area contributed by atoms with Crippen LogP contribution in [0.2, 0.25) is 0 Å². The lowest BCUT2D eigenvalue weighted by atomic mass is 10.0. The minimum atomic E-state index is -0.591. The molecular formula is C17H18O3. The van der Waals surface area contributed by atoms with E-state index >= 15 is 0 Å². The van der Waals surface area contributed by atoms with Crippen molar-refractivity contribution in [3.8, 4) is 16.9 Å². The van der Waals surface area contributed by atoms with Crippen molar-refractivity contribution in [2.45, 2.75) is 26.4 Å². The molecule has 0 fully saturated rings. The Morgan fingerprint density at radius 3 is 2.25 bits per heavy atom. The standard InChI is InChI=1S/C17H18O3/c1-17(2,3)20-16(19)14-11-13(9-10-15(14)18)12-7-5-4-6-8-12/h4-11,18H,1-3H3. The molecular weight excluding hydrogens is 252 g/mol. The Morgan fingerprint density at radius 1 is 1.00 bits per heavy atom. The fourth-order valence-corrected chi connectivity index (χ4v) is 1.84. The number of carbonyl (C=O) groups is 1. The second kappa shape index (κ2) is 5.37. The van der Waals surface area contributed by atoms with Crippen molar-refractivity contribution in [3.63, 3.8) is 0 Å². The van der Waals surface area contributed by atoms with Gasteiger partial charge in [-0.25, -0.2) is 4.79 Å². The molecule has 3 heteroatoms. The van der Waals surface area contributed by atoms with Crippen molar-refractivity contribution < 1.29 is 14.6 Å². The van der Waals surface area contributed by atoms with Gasteiger partial charge in [0.1, 0.15) is 16.9 Å². The summed E-state index contributed by atoms with van der Waals surface area (Å²) in [5, 5.41) is 9.85. The number of esters is 1. The Morgan fingerprint density at radius 2 is 1.65 bits per heavy atom.